The Balaban J connectivity index is 1.69. The molecule has 1 aliphatic rings. The lowest BCUT2D eigenvalue weighted by Gasteiger charge is -2.38. The van der Waals surface area contributed by atoms with Gasteiger partial charge in [-0.3, -0.25) is 14.4 Å². The van der Waals surface area contributed by atoms with Crippen LogP contribution < -0.4 is 10.1 Å². The Morgan fingerprint density at radius 3 is 2.57 bits per heavy atom. The lowest BCUT2D eigenvalue weighted by atomic mass is 9.98. The van der Waals surface area contributed by atoms with Crippen molar-refractivity contribution in [2.75, 3.05) is 19.8 Å². The highest BCUT2D eigenvalue weighted by Gasteiger charge is 2.39. The van der Waals surface area contributed by atoms with E-state index in [1.54, 1.807) is 45.9 Å². The van der Waals surface area contributed by atoms with Gasteiger partial charge in [0.25, 0.3) is 5.91 Å². The number of halogens is 4. The van der Waals surface area contributed by atoms with Crippen LogP contribution in [-0.2, 0) is 9.47 Å². The highest BCUT2D eigenvalue weighted by atomic mass is 35.5. The van der Waals surface area contributed by atoms with Gasteiger partial charge in [0, 0.05) is 23.2 Å². The summed E-state index contributed by atoms with van der Waals surface area (Å²) in [6, 6.07) is 3.83. The van der Waals surface area contributed by atoms with Crippen molar-refractivity contribution in [3.05, 3.63) is 40.2 Å². The summed E-state index contributed by atoms with van der Waals surface area (Å²) in [5.41, 5.74) is 0.397. The van der Waals surface area contributed by atoms with Crippen molar-refractivity contribution in [3.63, 3.8) is 0 Å². The van der Waals surface area contributed by atoms with E-state index in [-0.39, 0.29) is 24.4 Å². The van der Waals surface area contributed by atoms with Gasteiger partial charge in [-0.25, -0.2) is 4.79 Å². The van der Waals surface area contributed by atoms with E-state index in [9.17, 15) is 22.8 Å². The molecule has 0 radical (unpaired) electrons. The number of nitrogens with zero attached hydrogens (tertiary/aromatic N) is 3. The van der Waals surface area contributed by atoms with Gasteiger partial charge < -0.3 is 19.2 Å². The molecule has 0 saturated carbocycles. The predicted octanol–water partition coefficient (Wildman–Crippen LogP) is 4.82. The van der Waals surface area contributed by atoms with Gasteiger partial charge >= 0.3 is 18.5 Å². The van der Waals surface area contributed by atoms with Crippen LogP contribution in [0.5, 0.6) is 6.08 Å². The topological polar surface area (TPSA) is 116 Å². The standard InChI is InChI=1S/C23H28ClF3N4O6/c1-13-11-14(5-7-16(13)24)18(32)28-15-6-8-17(31(12-15)21(33)37-22(2,3)4)19-29-30-20(36-19)34-9-10-35-23(25,26)27/h5,7,11,15,17H,6,8-10,12H2,1-4H3,(H,28,32)/t15-,17+/m0/s1. The molecule has 1 saturated heterocycles. The molecule has 1 aliphatic heterocycles. The Kier molecular flexibility index (Phi) is 8.90. The fraction of sp³-hybridized carbons (Fsp3) is 0.565. The number of benzene rings is 1. The maximum absolute atomic E-state index is 13.0. The predicted molar refractivity (Wildman–Crippen MR) is 124 cm³/mol. The molecule has 0 aliphatic carbocycles. The van der Waals surface area contributed by atoms with Crippen LogP contribution in [0.25, 0.3) is 0 Å². The van der Waals surface area contributed by atoms with Crippen molar-refractivity contribution in [2.45, 2.75) is 64.6 Å². The zero-order valence-corrected chi connectivity index (χ0v) is 21.5. The second-order valence-electron chi connectivity index (χ2n) is 9.41. The lowest BCUT2D eigenvalue weighted by molar-refractivity contribution is -0.325. The Bertz CT molecular complexity index is 1100. The number of aryl methyl sites for hydroxylation is 1. The van der Waals surface area contributed by atoms with Gasteiger partial charge in [-0.05, 0) is 64.3 Å². The average Bonchev–Trinajstić information content (AvgIpc) is 3.25. The third-order valence-corrected chi connectivity index (χ3v) is 5.67. The second-order valence-corrected chi connectivity index (χ2v) is 9.82. The molecular weight excluding hydrogens is 521 g/mol. The van der Waals surface area contributed by atoms with E-state index < -0.39 is 43.4 Å². The fourth-order valence-electron chi connectivity index (χ4n) is 3.62. The Hall–Kier alpha value is -3.06. The SMILES string of the molecule is Cc1cc(C(=O)N[C@H]2CC[C@H](c3nnc(OCCOC(F)(F)F)o3)N(C(=O)OC(C)(C)C)C2)ccc1Cl. The summed E-state index contributed by atoms with van der Waals surface area (Å²) in [5.74, 6) is -0.294. The minimum atomic E-state index is -4.78. The maximum Gasteiger partial charge on any atom is 0.522 e. The van der Waals surface area contributed by atoms with Crippen LogP contribution in [0.15, 0.2) is 22.6 Å². The third kappa shape index (κ3) is 8.49. The van der Waals surface area contributed by atoms with Crippen molar-refractivity contribution in [1.82, 2.24) is 20.4 Å². The van der Waals surface area contributed by atoms with E-state index in [2.05, 4.69) is 20.3 Å². The summed E-state index contributed by atoms with van der Waals surface area (Å²) in [6.07, 6.45) is -4.99. The normalized spacial score (nSPS) is 18.4. The van der Waals surface area contributed by atoms with Gasteiger partial charge in [-0.2, -0.15) is 0 Å². The average molecular weight is 549 g/mol. The molecule has 0 spiro atoms. The molecule has 1 aromatic heterocycles. The number of hydrogen-bond donors (Lipinski definition) is 1. The van der Waals surface area contributed by atoms with E-state index in [0.29, 0.717) is 23.4 Å². The number of carbonyl (C=O) groups excluding carboxylic acids is 2. The van der Waals surface area contributed by atoms with Gasteiger partial charge in [0.15, 0.2) is 0 Å². The summed E-state index contributed by atoms with van der Waals surface area (Å²) in [4.78, 5) is 27.2. The number of aromatic nitrogens is 2. The van der Waals surface area contributed by atoms with Crippen LogP contribution in [0.1, 0.15) is 61.5 Å². The van der Waals surface area contributed by atoms with Crippen LogP contribution in [-0.4, -0.2) is 64.9 Å². The summed E-state index contributed by atoms with van der Waals surface area (Å²) in [6.45, 7) is 5.80. The Morgan fingerprint density at radius 2 is 1.92 bits per heavy atom. The summed E-state index contributed by atoms with van der Waals surface area (Å²) in [7, 11) is 0. The van der Waals surface area contributed by atoms with E-state index in [1.807, 2.05) is 0 Å². The van der Waals surface area contributed by atoms with Gasteiger partial charge in [0.2, 0.25) is 5.89 Å². The first-order valence-electron chi connectivity index (χ1n) is 11.5. The van der Waals surface area contributed by atoms with Crippen molar-refractivity contribution in [2.24, 2.45) is 0 Å². The van der Waals surface area contributed by atoms with Crippen molar-refractivity contribution in [1.29, 1.82) is 0 Å². The molecule has 2 atom stereocenters. The number of alkyl halides is 3. The van der Waals surface area contributed by atoms with Crippen molar-refractivity contribution in [3.8, 4) is 6.08 Å². The highest BCUT2D eigenvalue weighted by Crippen LogP contribution is 2.33. The van der Waals surface area contributed by atoms with Crippen LogP contribution in [0.2, 0.25) is 5.02 Å². The first kappa shape index (κ1) is 28.5. The van der Waals surface area contributed by atoms with Crippen LogP contribution in [0.3, 0.4) is 0 Å². The Labute approximate surface area is 216 Å². The fourth-order valence-corrected chi connectivity index (χ4v) is 3.74. The monoisotopic (exact) mass is 548 g/mol. The molecule has 1 N–H and O–H groups in total. The first-order valence-corrected chi connectivity index (χ1v) is 11.8. The minimum absolute atomic E-state index is 0.0238. The highest BCUT2D eigenvalue weighted by molar-refractivity contribution is 6.31. The van der Waals surface area contributed by atoms with Gasteiger partial charge in [0.05, 0.1) is 6.61 Å². The third-order valence-electron chi connectivity index (χ3n) is 5.25. The first-order chi connectivity index (χ1) is 17.2. The number of piperidine rings is 1. The molecule has 2 amide bonds. The molecule has 37 heavy (non-hydrogen) atoms. The van der Waals surface area contributed by atoms with Gasteiger partial charge in [-0.15, -0.1) is 18.3 Å². The number of nitrogens with one attached hydrogen (secondary N) is 1. The smallest absolute Gasteiger partial charge is 0.447 e. The molecule has 0 unspecified atom stereocenters. The van der Waals surface area contributed by atoms with E-state index in [0.717, 1.165) is 5.56 Å². The largest absolute Gasteiger partial charge is 0.522 e. The maximum atomic E-state index is 13.0. The Morgan fingerprint density at radius 1 is 1.19 bits per heavy atom. The van der Waals surface area contributed by atoms with Crippen molar-refractivity contribution >= 4 is 23.6 Å². The van der Waals surface area contributed by atoms with Crippen molar-refractivity contribution < 1.29 is 41.4 Å². The number of amides is 2. The number of ether oxygens (including phenoxy) is 3. The van der Waals surface area contributed by atoms with E-state index in [1.165, 1.54) is 4.90 Å². The number of likely N-dealkylation sites (tertiary alicyclic amines) is 1. The van der Waals surface area contributed by atoms with E-state index >= 15 is 0 Å². The van der Waals surface area contributed by atoms with Gasteiger partial charge in [-0.1, -0.05) is 16.7 Å². The summed E-state index contributed by atoms with van der Waals surface area (Å²) in [5, 5.41) is 11.0. The molecular formula is C23H28ClF3N4O6. The zero-order valence-electron chi connectivity index (χ0n) is 20.7. The number of carbonyl (C=O) groups is 2. The molecule has 2 aromatic rings. The molecule has 10 nitrogen and oxygen atoms in total. The lowest BCUT2D eigenvalue weighted by Crippen LogP contribution is -2.52. The summed E-state index contributed by atoms with van der Waals surface area (Å²) < 4.78 is 55.9. The molecule has 204 valence electrons. The quantitative estimate of drug-likeness (QED) is 0.490. The van der Waals surface area contributed by atoms with Crippen LogP contribution in [0.4, 0.5) is 18.0 Å². The zero-order chi connectivity index (χ0) is 27.4. The minimum Gasteiger partial charge on any atom is -0.447 e. The molecule has 3 rings (SSSR count). The molecule has 1 fully saturated rings. The molecule has 1 aromatic carbocycles. The van der Waals surface area contributed by atoms with Crippen LogP contribution in [0, 0.1) is 6.92 Å². The number of rotatable bonds is 7. The molecule has 0 bridgehead atoms. The number of hydrogen-bond acceptors (Lipinski definition) is 8. The van der Waals surface area contributed by atoms with Gasteiger partial charge in [0.1, 0.15) is 18.2 Å². The second kappa shape index (κ2) is 11.5. The summed E-state index contributed by atoms with van der Waals surface area (Å²) >= 11 is 6.04. The van der Waals surface area contributed by atoms with Crippen LogP contribution >= 0.6 is 11.6 Å². The van der Waals surface area contributed by atoms with E-state index in [4.69, 9.17) is 25.5 Å². The molecule has 2 heterocycles. The molecule has 14 heteroatoms.